The summed E-state index contributed by atoms with van der Waals surface area (Å²) >= 11 is 0. The van der Waals surface area contributed by atoms with Crippen LogP contribution in [0.25, 0.3) is 0 Å². The molecule has 1 aliphatic carbocycles. The van der Waals surface area contributed by atoms with Gasteiger partial charge in [0.1, 0.15) is 5.75 Å². The maximum absolute atomic E-state index is 11.2. The summed E-state index contributed by atoms with van der Waals surface area (Å²) in [5.41, 5.74) is 3.36. The van der Waals surface area contributed by atoms with Crippen LogP contribution in [0.4, 0.5) is 5.69 Å². The van der Waals surface area contributed by atoms with Crippen LogP contribution in [-0.4, -0.2) is 13.1 Å². The average Bonchev–Trinajstić information content (AvgIpc) is 3.10. The Labute approximate surface area is 140 Å². The third-order valence-electron chi connectivity index (χ3n) is 5.07. The van der Waals surface area contributed by atoms with E-state index in [4.69, 9.17) is 4.74 Å². The minimum atomic E-state index is -1.14. The smallest absolute Gasteiger partial charge is 0.124 e. The van der Waals surface area contributed by atoms with Crippen LogP contribution in [0.15, 0.2) is 54.6 Å². The predicted octanol–water partition coefficient (Wildman–Crippen LogP) is 2.89. The second-order valence-corrected chi connectivity index (χ2v) is 6.31. The van der Waals surface area contributed by atoms with E-state index in [-0.39, 0.29) is 17.5 Å². The first kappa shape index (κ1) is 14.8. The van der Waals surface area contributed by atoms with Crippen LogP contribution >= 0.6 is 0 Å². The molecule has 2 aromatic rings. The molecule has 2 aliphatic rings. The minimum Gasteiger partial charge on any atom is -0.545 e. The first-order valence-electron chi connectivity index (χ1n) is 8.10. The van der Waals surface area contributed by atoms with E-state index in [2.05, 4.69) is 23.5 Å². The molecule has 0 spiro atoms. The largest absolute Gasteiger partial charge is 0.545 e. The van der Waals surface area contributed by atoms with Crippen molar-refractivity contribution in [2.75, 3.05) is 12.4 Å². The molecule has 2 aromatic carbocycles. The topological polar surface area (TPSA) is 61.4 Å². The van der Waals surface area contributed by atoms with Crippen LogP contribution < -0.4 is 15.2 Å². The molecule has 122 valence electrons. The van der Waals surface area contributed by atoms with Crippen molar-refractivity contribution in [3.05, 3.63) is 71.3 Å². The van der Waals surface area contributed by atoms with Gasteiger partial charge in [-0.3, -0.25) is 0 Å². The standard InChI is InChI=1S/C20H19NO3/c1-24-18-8-3-2-5-15(18)19-14-7-4-6-13(14)16-11-12(20(22)23)9-10-17(16)21-19/h2-6,8-11,13-14,19,21H,7H2,1H3,(H,22,23)/p-1/t13-,14+,19-/m0/s1. The van der Waals surface area contributed by atoms with E-state index in [9.17, 15) is 9.90 Å². The molecule has 0 aromatic heterocycles. The van der Waals surface area contributed by atoms with Gasteiger partial charge in [0, 0.05) is 17.2 Å². The van der Waals surface area contributed by atoms with Gasteiger partial charge in [-0.05, 0) is 41.7 Å². The minimum absolute atomic E-state index is 0.127. The van der Waals surface area contributed by atoms with Crippen LogP contribution in [-0.2, 0) is 0 Å². The van der Waals surface area contributed by atoms with Crippen LogP contribution in [0.1, 0.15) is 39.9 Å². The molecule has 1 N–H and O–H groups in total. The summed E-state index contributed by atoms with van der Waals surface area (Å²) in [7, 11) is 1.69. The number of carboxylic acid groups (broad SMARTS) is 1. The number of hydrogen-bond acceptors (Lipinski definition) is 4. The SMILES string of the molecule is COc1ccccc1[C@H]1Nc2ccc(C(=O)[O-])cc2[C@H]2C=CC[C@H]21. The molecule has 0 saturated heterocycles. The summed E-state index contributed by atoms with van der Waals surface area (Å²) in [6, 6.07) is 13.4. The molecule has 4 rings (SSSR count). The lowest BCUT2D eigenvalue weighted by Gasteiger charge is -2.38. The second kappa shape index (κ2) is 5.71. The summed E-state index contributed by atoms with van der Waals surface area (Å²) < 4.78 is 5.54. The number of carbonyl (C=O) groups is 1. The molecule has 0 amide bonds. The molecule has 0 unspecified atom stereocenters. The van der Waals surface area contributed by atoms with Gasteiger partial charge in [-0.2, -0.15) is 0 Å². The zero-order valence-electron chi connectivity index (χ0n) is 13.4. The first-order chi connectivity index (χ1) is 11.7. The number of anilines is 1. The fraction of sp³-hybridized carbons (Fsp3) is 0.250. The Morgan fingerprint density at radius 1 is 1.21 bits per heavy atom. The van der Waals surface area contributed by atoms with Crippen LogP contribution in [0.3, 0.4) is 0 Å². The van der Waals surface area contributed by atoms with Gasteiger partial charge in [0.15, 0.2) is 0 Å². The number of rotatable bonds is 3. The third kappa shape index (κ3) is 2.26. The lowest BCUT2D eigenvalue weighted by atomic mass is 9.76. The Morgan fingerprint density at radius 2 is 2.04 bits per heavy atom. The zero-order chi connectivity index (χ0) is 16.7. The summed E-state index contributed by atoms with van der Waals surface area (Å²) in [5, 5.41) is 14.8. The van der Waals surface area contributed by atoms with E-state index >= 15 is 0 Å². The summed E-state index contributed by atoms with van der Waals surface area (Å²) in [5.74, 6) is 0.278. The molecule has 4 nitrogen and oxygen atoms in total. The molecule has 0 fully saturated rings. The van der Waals surface area contributed by atoms with E-state index in [0.717, 1.165) is 29.0 Å². The van der Waals surface area contributed by atoms with E-state index < -0.39 is 5.97 Å². The van der Waals surface area contributed by atoms with Crippen LogP contribution in [0.2, 0.25) is 0 Å². The molecule has 24 heavy (non-hydrogen) atoms. The molecule has 3 atom stereocenters. The van der Waals surface area contributed by atoms with Gasteiger partial charge in [0.05, 0.1) is 19.1 Å². The lowest BCUT2D eigenvalue weighted by molar-refractivity contribution is -0.255. The van der Waals surface area contributed by atoms with Crippen molar-refractivity contribution in [3.8, 4) is 5.75 Å². The molecule has 0 radical (unpaired) electrons. The van der Waals surface area contributed by atoms with Crippen molar-refractivity contribution in [1.29, 1.82) is 0 Å². The molecular formula is C20H18NO3-. The Kier molecular flexibility index (Phi) is 3.53. The van der Waals surface area contributed by atoms with Gasteiger partial charge in [0.25, 0.3) is 0 Å². The monoisotopic (exact) mass is 320 g/mol. The molecule has 0 saturated carbocycles. The Morgan fingerprint density at radius 3 is 2.83 bits per heavy atom. The fourth-order valence-corrected chi connectivity index (χ4v) is 3.95. The molecule has 1 heterocycles. The van der Waals surface area contributed by atoms with Crippen LogP contribution in [0, 0.1) is 5.92 Å². The normalized spacial score (nSPS) is 24.0. The number of fused-ring (bicyclic) bond motifs is 3. The number of carbonyl (C=O) groups excluding carboxylic acids is 1. The molecule has 4 heteroatoms. The molecule has 1 aliphatic heterocycles. The van der Waals surface area contributed by atoms with E-state index in [0.29, 0.717) is 5.92 Å². The zero-order valence-corrected chi connectivity index (χ0v) is 13.4. The maximum atomic E-state index is 11.2. The first-order valence-corrected chi connectivity index (χ1v) is 8.10. The van der Waals surface area contributed by atoms with Gasteiger partial charge >= 0.3 is 0 Å². The number of ether oxygens (including phenoxy) is 1. The Bertz CT molecular complexity index is 827. The fourth-order valence-electron chi connectivity index (χ4n) is 3.95. The van der Waals surface area contributed by atoms with Gasteiger partial charge in [-0.25, -0.2) is 0 Å². The number of hydrogen-bond donors (Lipinski definition) is 1. The predicted molar refractivity (Wildman–Crippen MR) is 90.1 cm³/mol. The molecular weight excluding hydrogens is 302 g/mol. The van der Waals surface area contributed by atoms with E-state index in [1.54, 1.807) is 19.2 Å². The van der Waals surface area contributed by atoms with Crippen molar-refractivity contribution < 1.29 is 14.6 Å². The van der Waals surface area contributed by atoms with Crippen molar-refractivity contribution in [2.24, 2.45) is 5.92 Å². The van der Waals surface area contributed by atoms with Gasteiger partial charge < -0.3 is 20.0 Å². The Hall–Kier alpha value is -2.75. The van der Waals surface area contributed by atoms with E-state index in [1.165, 1.54) is 0 Å². The third-order valence-corrected chi connectivity index (χ3v) is 5.07. The molecule has 0 bridgehead atoms. The number of carboxylic acids is 1. The number of aromatic carboxylic acids is 1. The van der Waals surface area contributed by atoms with Crippen molar-refractivity contribution in [1.82, 2.24) is 0 Å². The summed E-state index contributed by atoms with van der Waals surface area (Å²) in [6.45, 7) is 0. The number of para-hydroxylation sites is 1. The van der Waals surface area contributed by atoms with Crippen molar-refractivity contribution in [2.45, 2.75) is 18.4 Å². The van der Waals surface area contributed by atoms with Gasteiger partial charge in [0.2, 0.25) is 0 Å². The number of benzene rings is 2. The second-order valence-electron chi connectivity index (χ2n) is 6.31. The number of methoxy groups -OCH3 is 1. The average molecular weight is 320 g/mol. The lowest BCUT2D eigenvalue weighted by Crippen LogP contribution is -2.30. The number of allylic oxidation sites excluding steroid dienone is 2. The highest BCUT2D eigenvalue weighted by molar-refractivity contribution is 5.87. The highest BCUT2D eigenvalue weighted by atomic mass is 16.5. The van der Waals surface area contributed by atoms with Gasteiger partial charge in [-0.1, -0.05) is 36.4 Å². The quantitative estimate of drug-likeness (QED) is 0.883. The van der Waals surface area contributed by atoms with Crippen molar-refractivity contribution in [3.63, 3.8) is 0 Å². The van der Waals surface area contributed by atoms with Crippen molar-refractivity contribution >= 4 is 11.7 Å². The maximum Gasteiger partial charge on any atom is 0.124 e. The van der Waals surface area contributed by atoms with Crippen LogP contribution in [0.5, 0.6) is 5.75 Å². The number of nitrogens with one attached hydrogen (secondary N) is 1. The summed E-state index contributed by atoms with van der Waals surface area (Å²) in [6.07, 6.45) is 5.32. The van der Waals surface area contributed by atoms with E-state index in [1.807, 2.05) is 24.3 Å². The highest BCUT2D eigenvalue weighted by Gasteiger charge is 2.38. The Balaban J connectivity index is 1.80. The summed E-state index contributed by atoms with van der Waals surface area (Å²) in [4.78, 5) is 11.2. The highest BCUT2D eigenvalue weighted by Crippen LogP contribution is 2.51. The van der Waals surface area contributed by atoms with Gasteiger partial charge in [-0.15, -0.1) is 0 Å².